The number of hydrogen-bond donors (Lipinski definition) is 1. The van der Waals surface area contributed by atoms with E-state index in [4.69, 9.17) is 4.74 Å². The van der Waals surface area contributed by atoms with Crippen molar-refractivity contribution in [3.05, 3.63) is 24.5 Å². The van der Waals surface area contributed by atoms with Gasteiger partial charge in [-0.05, 0) is 129 Å². The van der Waals surface area contributed by atoms with Crippen LogP contribution in [0.4, 0.5) is 0 Å². The van der Waals surface area contributed by atoms with E-state index in [1.165, 1.54) is 63.4 Å². The van der Waals surface area contributed by atoms with E-state index < -0.39 is 0 Å². The number of hydrogen-bond acceptors (Lipinski definition) is 2. The number of aliphatic hydroxyl groups excluding tert-OH is 1. The van der Waals surface area contributed by atoms with Crippen molar-refractivity contribution in [2.75, 3.05) is 6.61 Å². The number of fused-ring (bicyclic) bond motifs is 7. The van der Waals surface area contributed by atoms with Crippen LogP contribution in [0.15, 0.2) is 24.5 Å². The van der Waals surface area contributed by atoms with Crippen LogP contribution in [0.1, 0.15) is 113 Å². The minimum absolute atomic E-state index is 0.151. The van der Waals surface area contributed by atoms with Crippen LogP contribution in [0.3, 0.4) is 0 Å². The molecular weight excluding hydrogens is 428 g/mol. The molecule has 10 atom stereocenters. The topological polar surface area (TPSA) is 29.5 Å². The van der Waals surface area contributed by atoms with Crippen molar-refractivity contribution >= 4 is 0 Å². The molecule has 0 bridgehead atoms. The molecule has 5 saturated carbocycles. The van der Waals surface area contributed by atoms with Crippen LogP contribution in [0.5, 0.6) is 0 Å². The first-order valence-electron chi connectivity index (χ1n) is 14.9. The third kappa shape index (κ3) is 3.29. The quantitative estimate of drug-likeness (QED) is 0.321. The molecule has 2 nitrogen and oxygen atoms in total. The van der Waals surface area contributed by atoms with Gasteiger partial charge in [0.1, 0.15) is 6.10 Å². The second-order valence-corrected chi connectivity index (χ2v) is 15.4. The van der Waals surface area contributed by atoms with Gasteiger partial charge in [-0.25, -0.2) is 0 Å². The van der Waals surface area contributed by atoms with Gasteiger partial charge < -0.3 is 9.84 Å². The fourth-order valence-corrected chi connectivity index (χ4v) is 12.0. The largest absolute Gasteiger partial charge is 0.495 e. The summed E-state index contributed by atoms with van der Waals surface area (Å²) in [7, 11) is 0. The maximum Gasteiger partial charge on any atom is 0.104 e. The molecule has 5 fully saturated rings. The van der Waals surface area contributed by atoms with E-state index in [1.807, 2.05) is 6.92 Å². The van der Waals surface area contributed by atoms with Gasteiger partial charge in [0, 0.05) is 12.0 Å². The molecule has 2 heteroatoms. The van der Waals surface area contributed by atoms with Gasteiger partial charge in [0.15, 0.2) is 0 Å². The van der Waals surface area contributed by atoms with Crippen LogP contribution >= 0.6 is 0 Å². The van der Waals surface area contributed by atoms with Gasteiger partial charge in [0.2, 0.25) is 0 Å². The van der Waals surface area contributed by atoms with E-state index >= 15 is 0 Å². The molecule has 0 spiro atoms. The van der Waals surface area contributed by atoms with Gasteiger partial charge in [-0.3, -0.25) is 0 Å². The van der Waals surface area contributed by atoms with E-state index in [-0.39, 0.29) is 10.8 Å². The van der Waals surface area contributed by atoms with Crippen LogP contribution in [0, 0.1) is 56.7 Å². The molecule has 0 aromatic heterocycles. The van der Waals surface area contributed by atoms with E-state index in [0.717, 1.165) is 24.0 Å². The molecule has 198 valence electrons. The Balaban J connectivity index is 1.51. The minimum Gasteiger partial charge on any atom is -0.495 e. The van der Waals surface area contributed by atoms with Crippen molar-refractivity contribution in [2.45, 2.75) is 119 Å². The van der Waals surface area contributed by atoms with Gasteiger partial charge in [0.05, 0.1) is 5.76 Å². The molecule has 5 rings (SSSR count). The van der Waals surface area contributed by atoms with Crippen molar-refractivity contribution in [3.8, 4) is 0 Å². The maximum atomic E-state index is 10.7. The summed E-state index contributed by atoms with van der Waals surface area (Å²) in [5, 5.41) is 10.7. The lowest BCUT2D eigenvalue weighted by Gasteiger charge is -2.73. The van der Waals surface area contributed by atoms with Crippen LogP contribution < -0.4 is 0 Å². The van der Waals surface area contributed by atoms with Gasteiger partial charge >= 0.3 is 0 Å². The van der Waals surface area contributed by atoms with Crippen LogP contribution in [0.25, 0.3) is 0 Å². The highest BCUT2D eigenvalue weighted by Crippen LogP contribution is 2.77. The summed E-state index contributed by atoms with van der Waals surface area (Å²) >= 11 is 0. The fraction of sp³-hybridized carbons (Fsp3) is 0.879. The highest BCUT2D eigenvalue weighted by atomic mass is 16.5. The summed E-state index contributed by atoms with van der Waals surface area (Å²) in [6.45, 7) is 26.3. The third-order valence-corrected chi connectivity index (χ3v) is 13.8. The summed E-state index contributed by atoms with van der Waals surface area (Å²) in [6.07, 6.45) is 13.1. The molecule has 0 amide bonds. The molecule has 1 N–H and O–H groups in total. The Labute approximate surface area is 216 Å². The first kappa shape index (κ1) is 25.9. The summed E-state index contributed by atoms with van der Waals surface area (Å²) in [4.78, 5) is 0. The third-order valence-electron chi connectivity index (χ3n) is 13.8. The predicted molar refractivity (Wildman–Crippen MR) is 146 cm³/mol. The average molecular weight is 483 g/mol. The Morgan fingerprint density at radius 3 is 2.14 bits per heavy atom. The molecule has 0 radical (unpaired) electrons. The zero-order chi connectivity index (χ0) is 25.6. The first-order valence-corrected chi connectivity index (χ1v) is 14.9. The highest BCUT2D eigenvalue weighted by Gasteiger charge is 2.70. The lowest BCUT2D eigenvalue weighted by Crippen LogP contribution is -2.66. The molecule has 35 heavy (non-hydrogen) atoms. The van der Waals surface area contributed by atoms with E-state index in [9.17, 15) is 5.11 Å². The van der Waals surface area contributed by atoms with Gasteiger partial charge in [-0.1, -0.05) is 53.3 Å². The van der Waals surface area contributed by atoms with Crippen molar-refractivity contribution in [1.29, 1.82) is 0 Å². The van der Waals surface area contributed by atoms with Crippen molar-refractivity contribution < 1.29 is 9.84 Å². The Kier molecular flexibility index (Phi) is 6.00. The lowest BCUT2D eigenvalue weighted by molar-refractivity contribution is -0.250. The first-order chi connectivity index (χ1) is 16.3. The monoisotopic (exact) mass is 482 g/mol. The van der Waals surface area contributed by atoms with Crippen molar-refractivity contribution in [2.24, 2.45) is 56.7 Å². The summed E-state index contributed by atoms with van der Waals surface area (Å²) in [5.41, 5.74) is 2.82. The van der Waals surface area contributed by atoms with Crippen molar-refractivity contribution in [3.63, 3.8) is 0 Å². The predicted octanol–water partition coefficient (Wildman–Crippen LogP) is 8.56. The standard InChI is InChI=1S/C33H54O2/c1-21(2)23-12-17-33(20-34)19-18-31(8)24(28(23)33)10-11-26-30(7)15-14-27(35-22(3)4)29(5,6)25(30)13-16-32(26,31)9/h23-28,34H,1,3,10-20H2,2,4-9H3/t23?,24?,25?,26?,27?,28?,30-,31+,32+,33?/m0/s1. The summed E-state index contributed by atoms with van der Waals surface area (Å²) in [5.74, 6) is 4.33. The number of allylic oxidation sites excluding steroid dienone is 2. The highest BCUT2D eigenvalue weighted by molar-refractivity contribution is 5.21. The SMILES string of the molecule is C=C(C)OC1CC[C@@]2(C)C(CC[C@]3(C)C2CCC2C4C(C(=C)C)CCC4(CO)CC[C@]23C)C1(C)C. The fourth-order valence-electron chi connectivity index (χ4n) is 12.0. The molecule has 5 aliphatic rings. The molecular formula is C33H54O2. The molecule has 7 unspecified atom stereocenters. The second kappa shape index (κ2) is 8.12. The Morgan fingerprint density at radius 1 is 0.800 bits per heavy atom. The van der Waals surface area contributed by atoms with Crippen molar-refractivity contribution in [1.82, 2.24) is 0 Å². The van der Waals surface area contributed by atoms with E-state index in [2.05, 4.69) is 54.7 Å². The minimum atomic E-state index is 0.151. The van der Waals surface area contributed by atoms with Gasteiger partial charge in [-0.15, -0.1) is 0 Å². The molecule has 0 aliphatic heterocycles. The van der Waals surface area contributed by atoms with Gasteiger partial charge in [-0.2, -0.15) is 0 Å². The van der Waals surface area contributed by atoms with E-state index in [0.29, 0.717) is 46.7 Å². The lowest BCUT2D eigenvalue weighted by atomic mass is 9.32. The molecule has 5 aliphatic carbocycles. The molecule has 0 heterocycles. The van der Waals surface area contributed by atoms with Crippen LogP contribution in [-0.4, -0.2) is 17.8 Å². The maximum absolute atomic E-state index is 10.7. The Bertz CT molecular complexity index is 888. The van der Waals surface area contributed by atoms with Gasteiger partial charge in [0.25, 0.3) is 0 Å². The average Bonchev–Trinajstić information content (AvgIpc) is 3.16. The van der Waals surface area contributed by atoms with E-state index in [1.54, 1.807) is 0 Å². The smallest absolute Gasteiger partial charge is 0.104 e. The normalized spacial score (nSPS) is 52.5. The molecule has 0 saturated heterocycles. The molecule has 0 aromatic rings. The summed E-state index contributed by atoms with van der Waals surface area (Å²) < 4.78 is 6.35. The number of rotatable bonds is 4. The Hall–Kier alpha value is -0.760. The van der Waals surface area contributed by atoms with Crippen LogP contribution in [0.2, 0.25) is 0 Å². The second-order valence-electron chi connectivity index (χ2n) is 15.4. The number of aliphatic hydroxyl groups is 1. The van der Waals surface area contributed by atoms with Crippen LogP contribution in [-0.2, 0) is 4.74 Å². The number of ether oxygens (including phenoxy) is 1. The zero-order valence-electron chi connectivity index (χ0n) is 24.0. The zero-order valence-corrected chi connectivity index (χ0v) is 24.0. The Morgan fingerprint density at radius 2 is 1.51 bits per heavy atom. The summed E-state index contributed by atoms with van der Waals surface area (Å²) in [6, 6.07) is 0. The molecule has 0 aromatic carbocycles.